The zero-order valence-corrected chi connectivity index (χ0v) is 14.8. The summed E-state index contributed by atoms with van der Waals surface area (Å²) in [5.74, 6) is 0.908. The zero-order valence-electron chi connectivity index (χ0n) is 13.3. The van der Waals surface area contributed by atoms with Crippen LogP contribution in [0.5, 0.6) is 0 Å². The average Bonchev–Trinajstić information content (AvgIpc) is 2.81. The maximum Gasteiger partial charge on any atom is 0.167 e. The Labute approximate surface area is 145 Å². The monoisotopic (exact) mass is 369 g/mol. The van der Waals surface area contributed by atoms with E-state index in [9.17, 15) is 4.79 Å². The highest BCUT2D eigenvalue weighted by Crippen LogP contribution is 2.45. The normalized spacial score (nSPS) is 23.7. The topological polar surface area (TPSA) is 20.3 Å². The third-order valence-electron chi connectivity index (χ3n) is 5.26. The Bertz CT molecular complexity index is 756. The number of carbonyl (C=O) groups is 1. The Morgan fingerprint density at radius 3 is 2.74 bits per heavy atom. The minimum Gasteiger partial charge on any atom is -0.298 e. The van der Waals surface area contributed by atoms with Crippen LogP contribution in [0.2, 0.25) is 0 Å². The lowest BCUT2D eigenvalue weighted by Crippen LogP contribution is -2.38. The number of piperidine rings is 1. The Balaban J connectivity index is 1.61. The van der Waals surface area contributed by atoms with Crippen molar-refractivity contribution in [2.24, 2.45) is 5.92 Å². The molecule has 1 saturated heterocycles. The van der Waals surface area contributed by atoms with E-state index < -0.39 is 0 Å². The molecule has 1 aliphatic heterocycles. The number of fused-ring (bicyclic) bond motifs is 3. The van der Waals surface area contributed by atoms with Gasteiger partial charge in [0, 0.05) is 35.0 Å². The lowest BCUT2D eigenvalue weighted by molar-refractivity contribution is 0.0834. The first-order valence-electron chi connectivity index (χ1n) is 8.24. The van der Waals surface area contributed by atoms with Crippen LogP contribution in [0.3, 0.4) is 0 Å². The Morgan fingerprint density at radius 1 is 1.17 bits per heavy atom. The molecule has 3 heteroatoms. The molecule has 2 aromatic rings. The SMILES string of the molecule is Cc1cc(Br)cc2c1C(=O)C1CCN(Cc3ccccc3)CC21. The van der Waals surface area contributed by atoms with Gasteiger partial charge in [-0.15, -0.1) is 0 Å². The van der Waals surface area contributed by atoms with Crippen LogP contribution in [0.15, 0.2) is 46.9 Å². The Kier molecular flexibility index (Phi) is 3.86. The number of nitrogens with zero attached hydrogens (tertiary/aromatic N) is 1. The second kappa shape index (κ2) is 5.88. The van der Waals surface area contributed by atoms with Gasteiger partial charge >= 0.3 is 0 Å². The van der Waals surface area contributed by atoms with Gasteiger partial charge in [0.1, 0.15) is 0 Å². The first-order valence-corrected chi connectivity index (χ1v) is 9.03. The molecule has 4 rings (SSSR count). The molecular formula is C20H20BrNO. The second-order valence-electron chi connectivity index (χ2n) is 6.77. The molecule has 2 atom stereocenters. The van der Waals surface area contributed by atoms with Gasteiger partial charge in [0.2, 0.25) is 0 Å². The number of hydrogen-bond donors (Lipinski definition) is 0. The third kappa shape index (κ3) is 2.66. The predicted octanol–water partition coefficient (Wildman–Crippen LogP) is 4.56. The van der Waals surface area contributed by atoms with Crippen LogP contribution >= 0.6 is 15.9 Å². The van der Waals surface area contributed by atoms with Crippen LogP contribution in [0.25, 0.3) is 0 Å². The summed E-state index contributed by atoms with van der Waals surface area (Å²) < 4.78 is 1.09. The fourth-order valence-corrected chi connectivity index (χ4v) is 4.81. The van der Waals surface area contributed by atoms with Crippen LogP contribution < -0.4 is 0 Å². The van der Waals surface area contributed by atoms with Gasteiger partial charge in [-0.05, 0) is 48.7 Å². The number of halogens is 1. The van der Waals surface area contributed by atoms with Gasteiger partial charge in [-0.25, -0.2) is 0 Å². The van der Waals surface area contributed by atoms with E-state index >= 15 is 0 Å². The summed E-state index contributed by atoms with van der Waals surface area (Å²) in [6, 6.07) is 14.8. The number of carbonyl (C=O) groups excluding carboxylic acids is 1. The van der Waals surface area contributed by atoms with Crippen molar-refractivity contribution in [3.8, 4) is 0 Å². The van der Waals surface area contributed by atoms with E-state index in [1.54, 1.807) is 0 Å². The van der Waals surface area contributed by atoms with Crippen molar-refractivity contribution in [3.05, 3.63) is 69.2 Å². The minimum atomic E-state index is 0.185. The number of likely N-dealkylation sites (tertiary alicyclic amines) is 1. The first kappa shape index (κ1) is 15.1. The molecular weight excluding hydrogens is 350 g/mol. The molecule has 0 amide bonds. The van der Waals surface area contributed by atoms with Crippen molar-refractivity contribution in [3.63, 3.8) is 0 Å². The predicted molar refractivity (Wildman–Crippen MR) is 95.8 cm³/mol. The van der Waals surface area contributed by atoms with Gasteiger partial charge in [0.15, 0.2) is 5.78 Å². The van der Waals surface area contributed by atoms with Gasteiger partial charge in [-0.1, -0.05) is 46.3 Å². The molecule has 0 radical (unpaired) electrons. The molecule has 2 aliphatic rings. The Morgan fingerprint density at radius 2 is 1.96 bits per heavy atom. The van der Waals surface area contributed by atoms with Crippen LogP contribution in [0, 0.1) is 12.8 Å². The average molecular weight is 370 g/mol. The maximum absolute atomic E-state index is 12.8. The highest BCUT2D eigenvalue weighted by molar-refractivity contribution is 9.10. The summed E-state index contributed by atoms with van der Waals surface area (Å²) in [5.41, 5.74) is 4.71. The molecule has 2 unspecified atom stereocenters. The summed E-state index contributed by atoms with van der Waals surface area (Å²) in [4.78, 5) is 15.3. The van der Waals surface area contributed by atoms with Gasteiger partial charge in [-0.3, -0.25) is 9.69 Å². The van der Waals surface area contributed by atoms with Crippen LogP contribution in [0.1, 0.15) is 39.4 Å². The van der Waals surface area contributed by atoms with Gasteiger partial charge in [-0.2, -0.15) is 0 Å². The number of rotatable bonds is 2. The van der Waals surface area contributed by atoms with Crippen molar-refractivity contribution < 1.29 is 4.79 Å². The summed E-state index contributed by atoms with van der Waals surface area (Å²) in [6.07, 6.45) is 0.974. The van der Waals surface area contributed by atoms with Crippen LogP contribution in [-0.2, 0) is 6.54 Å². The number of aryl methyl sites for hydroxylation is 1. The highest BCUT2D eigenvalue weighted by Gasteiger charge is 2.43. The van der Waals surface area contributed by atoms with Crippen molar-refractivity contribution in [2.45, 2.75) is 25.8 Å². The number of benzene rings is 2. The van der Waals surface area contributed by atoms with Gasteiger partial charge in [0.05, 0.1) is 0 Å². The number of Topliss-reactive ketones (excluding diaryl/α,β-unsaturated/α-hetero) is 1. The van der Waals surface area contributed by atoms with Crippen LogP contribution in [0.4, 0.5) is 0 Å². The van der Waals surface area contributed by atoms with Crippen molar-refractivity contribution >= 4 is 21.7 Å². The Hall–Kier alpha value is -1.45. The molecule has 0 aromatic heterocycles. The lowest BCUT2D eigenvalue weighted by Gasteiger charge is -2.34. The second-order valence-corrected chi connectivity index (χ2v) is 7.69. The zero-order chi connectivity index (χ0) is 16.0. The van der Waals surface area contributed by atoms with E-state index in [2.05, 4.69) is 70.2 Å². The van der Waals surface area contributed by atoms with Crippen molar-refractivity contribution in [1.82, 2.24) is 4.90 Å². The van der Waals surface area contributed by atoms with Crippen molar-refractivity contribution in [1.29, 1.82) is 0 Å². The van der Waals surface area contributed by atoms with E-state index in [4.69, 9.17) is 0 Å². The first-order chi connectivity index (χ1) is 11.1. The van der Waals surface area contributed by atoms with E-state index in [-0.39, 0.29) is 5.92 Å². The van der Waals surface area contributed by atoms with E-state index in [0.717, 1.165) is 41.7 Å². The van der Waals surface area contributed by atoms with Crippen molar-refractivity contribution in [2.75, 3.05) is 13.1 Å². The summed E-state index contributed by atoms with van der Waals surface area (Å²) in [7, 11) is 0. The molecule has 0 saturated carbocycles. The highest BCUT2D eigenvalue weighted by atomic mass is 79.9. The smallest absolute Gasteiger partial charge is 0.167 e. The molecule has 2 nitrogen and oxygen atoms in total. The van der Waals surface area contributed by atoms with E-state index in [1.807, 2.05) is 0 Å². The lowest BCUT2D eigenvalue weighted by atomic mass is 9.85. The standard InChI is InChI=1S/C20H20BrNO/c1-13-9-15(21)10-17-18-12-22(11-14-5-3-2-4-6-14)8-7-16(18)20(23)19(13)17/h2-6,9-10,16,18H,7-8,11-12H2,1H3. The molecule has 0 N–H and O–H groups in total. The number of ketones is 1. The van der Waals surface area contributed by atoms with Gasteiger partial charge < -0.3 is 0 Å². The fourth-order valence-electron chi connectivity index (χ4n) is 4.22. The molecule has 0 bridgehead atoms. The molecule has 1 fully saturated rings. The summed E-state index contributed by atoms with van der Waals surface area (Å²) in [5, 5.41) is 0. The van der Waals surface area contributed by atoms with Gasteiger partial charge in [0.25, 0.3) is 0 Å². The van der Waals surface area contributed by atoms with E-state index in [1.165, 1.54) is 11.1 Å². The molecule has 23 heavy (non-hydrogen) atoms. The van der Waals surface area contributed by atoms with E-state index in [0.29, 0.717) is 11.7 Å². The number of hydrogen-bond acceptors (Lipinski definition) is 2. The molecule has 1 heterocycles. The molecule has 118 valence electrons. The van der Waals surface area contributed by atoms with Crippen LogP contribution in [-0.4, -0.2) is 23.8 Å². The fraction of sp³-hybridized carbons (Fsp3) is 0.350. The minimum absolute atomic E-state index is 0.185. The summed E-state index contributed by atoms with van der Waals surface area (Å²) >= 11 is 3.60. The molecule has 2 aromatic carbocycles. The maximum atomic E-state index is 12.8. The summed E-state index contributed by atoms with van der Waals surface area (Å²) in [6.45, 7) is 5.02. The largest absolute Gasteiger partial charge is 0.298 e. The molecule has 0 spiro atoms. The third-order valence-corrected chi connectivity index (χ3v) is 5.72. The quantitative estimate of drug-likeness (QED) is 0.773. The molecule has 1 aliphatic carbocycles.